The van der Waals surface area contributed by atoms with Crippen LogP contribution in [0, 0.1) is 18.7 Å². The molecule has 0 aliphatic heterocycles. The zero-order chi connectivity index (χ0) is 27.9. The van der Waals surface area contributed by atoms with Crippen molar-refractivity contribution >= 4 is 61.2 Å². The number of halogens is 5. The van der Waals surface area contributed by atoms with E-state index in [1.54, 1.807) is 25.3 Å². The number of carboxylic acids is 1. The summed E-state index contributed by atoms with van der Waals surface area (Å²) < 4.78 is 59.9. The fraction of sp³-hybridized carbons (Fsp3) is 0.273. The van der Waals surface area contributed by atoms with E-state index in [1.165, 1.54) is 6.92 Å². The molecule has 2 atom stereocenters. The van der Waals surface area contributed by atoms with Crippen molar-refractivity contribution in [1.82, 2.24) is 20.2 Å². The Bertz CT molecular complexity index is 1580. The van der Waals surface area contributed by atoms with Crippen molar-refractivity contribution in [2.75, 3.05) is 10.6 Å². The average molecular weight is 556 g/mol. The highest BCUT2D eigenvalue weighted by Gasteiger charge is 2.44. The van der Waals surface area contributed by atoms with Gasteiger partial charge in [-0.25, -0.2) is 23.5 Å². The van der Waals surface area contributed by atoms with Gasteiger partial charge in [-0.2, -0.15) is 18.3 Å². The number of aliphatic carboxylic acids is 1. The lowest BCUT2D eigenvalue weighted by Crippen LogP contribution is -2.21. The van der Waals surface area contributed by atoms with Crippen LogP contribution in [0.1, 0.15) is 18.9 Å². The molecule has 4 N–H and O–H groups in total. The Morgan fingerprint density at radius 1 is 1.18 bits per heavy atom. The number of aromatic amines is 1. The summed E-state index contributed by atoms with van der Waals surface area (Å²) in [5, 5.41) is 19.9. The van der Waals surface area contributed by atoms with Gasteiger partial charge in [-0.15, -0.1) is 0 Å². The van der Waals surface area contributed by atoms with E-state index in [2.05, 4.69) is 30.8 Å². The van der Waals surface area contributed by atoms with E-state index in [0.29, 0.717) is 43.2 Å². The number of thiazole rings is 1. The number of carbonyl (C=O) groups excluding carboxylic acids is 2. The number of hydrogen-bond acceptors (Lipinski definition) is 7. The van der Waals surface area contributed by atoms with Crippen molar-refractivity contribution in [2.24, 2.45) is 5.92 Å². The normalized spacial score (nSPS) is 16.6. The maximum atomic E-state index is 15.1. The molecule has 0 radical (unpaired) electrons. The maximum absolute atomic E-state index is 15.1. The number of hydrogen-bond donors (Lipinski definition) is 4. The van der Waals surface area contributed by atoms with Crippen LogP contribution in [0.25, 0.3) is 32.5 Å². The second-order valence-electron chi connectivity index (χ2n) is 8.22. The minimum Gasteiger partial charge on any atom is -0.475 e. The van der Waals surface area contributed by atoms with E-state index in [0.717, 1.165) is 11.3 Å². The number of carboxylic acid groups (broad SMARTS) is 1. The number of pyridine rings is 1. The Balaban J connectivity index is 0.000000426. The molecular weight excluding hydrogens is 539 g/mol. The van der Waals surface area contributed by atoms with Crippen LogP contribution in [0.2, 0.25) is 0 Å². The number of alkyl halides is 4. The molecule has 10 nitrogen and oxygen atoms in total. The fourth-order valence-corrected chi connectivity index (χ4v) is 4.38. The lowest BCUT2D eigenvalue weighted by atomic mass is 9.98. The summed E-state index contributed by atoms with van der Waals surface area (Å²) in [6.07, 6.45) is -4.38. The Hall–Kier alpha value is -4.21. The summed E-state index contributed by atoms with van der Waals surface area (Å²) in [5.41, 5.74) is 2.30. The zero-order valence-electron chi connectivity index (χ0n) is 19.4. The van der Waals surface area contributed by atoms with Crippen LogP contribution in [-0.4, -0.2) is 55.4 Å². The standard InChI is InChI=1S/C20H16F2N6O2S.C2HF3O2/c1-7-14(10-6-23-28-16(10)17(15(7)22)24-8(2)29)12-3-4-13-19(25-12)31-20(26-13)27-18(30)9-5-11(9)21;3-2(4,5)1(6)7/h3-4,6,9,11H,5H2,1-2H3,(H,23,28)(H,24,29)(H,26,27,30);(H,6,7)/t9-,11+;/m1./s1. The number of anilines is 2. The SMILES string of the molecule is CC(=O)Nc1c(F)c(C)c(-c2ccc3nc(NC(=O)[C@@H]4C[C@@H]4F)sc3n2)c2cn[nH]c12.O=C(O)C(F)(F)F. The van der Waals surface area contributed by atoms with Gasteiger partial charge in [0, 0.05) is 17.9 Å². The van der Waals surface area contributed by atoms with Crippen LogP contribution >= 0.6 is 11.3 Å². The first-order chi connectivity index (χ1) is 17.8. The van der Waals surface area contributed by atoms with E-state index < -0.39 is 41.9 Å². The van der Waals surface area contributed by atoms with Gasteiger partial charge in [-0.1, -0.05) is 11.3 Å². The third-order valence-electron chi connectivity index (χ3n) is 5.42. The minimum atomic E-state index is -5.08. The third-order valence-corrected chi connectivity index (χ3v) is 6.30. The number of rotatable bonds is 4. The lowest BCUT2D eigenvalue weighted by molar-refractivity contribution is -0.192. The van der Waals surface area contributed by atoms with Crippen molar-refractivity contribution in [3.63, 3.8) is 0 Å². The first kappa shape index (κ1) is 26.8. The Kier molecular flexibility index (Phi) is 7.01. The predicted molar refractivity (Wildman–Crippen MR) is 127 cm³/mol. The molecule has 38 heavy (non-hydrogen) atoms. The molecule has 3 heterocycles. The van der Waals surface area contributed by atoms with Crippen molar-refractivity contribution < 1.29 is 41.4 Å². The van der Waals surface area contributed by atoms with Crippen molar-refractivity contribution in [1.29, 1.82) is 0 Å². The van der Waals surface area contributed by atoms with E-state index in [4.69, 9.17) is 9.90 Å². The molecule has 1 saturated carbocycles. The number of aromatic nitrogens is 4. The minimum absolute atomic E-state index is 0.0383. The van der Waals surface area contributed by atoms with Crippen LogP contribution < -0.4 is 10.6 Å². The largest absolute Gasteiger partial charge is 0.490 e. The summed E-state index contributed by atoms with van der Waals surface area (Å²) in [6.45, 7) is 2.91. The van der Waals surface area contributed by atoms with Gasteiger partial charge in [0.2, 0.25) is 11.8 Å². The molecule has 1 aliphatic carbocycles. The fourth-order valence-electron chi connectivity index (χ4n) is 3.54. The molecule has 2 amide bonds. The van der Waals surface area contributed by atoms with E-state index >= 15 is 4.39 Å². The smallest absolute Gasteiger partial charge is 0.475 e. The van der Waals surface area contributed by atoms with E-state index in [1.807, 2.05) is 0 Å². The molecule has 0 bridgehead atoms. The summed E-state index contributed by atoms with van der Waals surface area (Å²) in [7, 11) is 0. The summed E-state index contributed by atoms with van der Waals surface area (Å²) in [5.74, 6) is -4.74. The number of carbonyl (C=O) groups is 3. The number of benzene rings is 1. The molecule has 0 spiro atoms. The van der Waals surface area contributed by atoms with Gasteiger partial charge in [0.25, 0.3) is 0 Å². The Morgan fingerprint density at radius 2 is 1.84 bits per heavy atom. The van der Waals surface area contributed by atoms with E-state index in [-0.39, 0.29) is 12.1 Å². The molecule has 1 aromatic carbocycles. The van der Waals surface area contributed by atoms with Gasteiger partial charge >= 0.3 is 12.1 Å². The highest BCUT2D eigenvalue weighted by molar-refractivity contribution is 7.22. The summed E-state index contributed by atoms with van der Waals surface area (Å²) in [4.78, 5) is 41.8. The van der Waals surface area contributed by atoms with Crippen LogP contribution in [0.5, 0.6) is 0 Å². The highest BCUT2D eigenvalue weighted by Crippen LogP contribution is 2.39. The number of amides is 2. The lowest BCUT2D eigenvalue weighted by Gasteiger charge is -2.13. The predicted octanol–water partition coefficient (Wildman–Crippen LogP) is 4.57. The van der Waals surface area contributed by atoms with Crippen molar-refractivity contribution in [2.45, 2.75) is 32.6 Å². The van der Waals surface area contributed by atoms with Crippen LogP contribution in [0.3, 0.4) is 0 Å². The molecule has 4 aromatic rings. The topological polar surface area (TPSA) is 150 Å². The number of nitrogens with zero attached hydrogens (tertiary/aromatic N) is 3. The van der Waals surface area contributed by atoms with Crippen LogP contribution in [0.4, 0.5) is 32.8 Å². The number of H-pyrrole nitrogens is 1. The molecule has 16 heteroatoms. The van der Waals surface area contributed by atoms with Gasteiger partial charge in [0.05, 0.1) is 23.3 Å². The van der Waals surface area contributed by atoms with Crippen LogP contribution in [-0.2, 0) is 14.4 Å². The van der Waals surface area contributed by atoms with Gasteiger partial charge in [-0.05, 0) is 31.0 Å². The van der Waals surface area contributed by atoms with Crippen LogP contribution in [0.15, 0.2) is 18.3 Å². The Labute approximate surface area is 213 Å². The Morgan fingerprint density at radius 3 is 2.42 bits per heavy atom. The molecule has 0 saturated heterocycles. The molecule has 1 fully saturated rings. The maximum Gasteiger partial charge on any atom is 0.490 e. The van der Waals surface area contributed by atoms with Crippen molar-refractivity contribution in [3.05, 3.63) is 29.7 Å². The quantitative estimate of drug-likeness (QED) is 0.269. The molecule has 200 valence electrons. The molecule has 5 rings (SSSR count). The summed E-state index contributed by atoms with van der Waals surface area (Å²) >= 11 is 1.16. The third kappa shape index (κ3) is 5.39. The van der Waals surface area contributed by atoms with Gasteiger partial charge in [-0.3, -0.25) is 14.7 Å². The first-order valence-corrected chi connectivity index (χ1v) is 11.5. The van der Waals surface area contributed by atoms with Crippen molar-refractivity contribution in [3.8, 4) is 11.3 Å². The number of nitrogens with one attached hydrogen (secondary N) is 3. The van der Waals surface area contributed by atoms with E-state index in [9.17, 15) is 27.2 Å². The monoisotopic (exact) mass is 556 g/mol. The highest BCUT2D eigenvalue weighted by atomic mass is 32.1. The number of fused-ring (bicyclic) bond motifs is 2. The molecular formula is C22H17F5N6O4S. The van der Waals surface area contributed by atoms with Gasteiger partial charge < -0.3 is 15.7 Å². The second kappa shape index (κ2) is 9.92. The van der Waals surface area contributed by atoms with Gasteiger partial charge in [0.15, 0.2) is 10.9 Å². The first-order valence-electron chi connectivity index (χ1n) is 10.7. The molecule has 1 aliphatic rings. The molecule has 0 unspecified atom stereocenters. The zero-order valence-corrected chi connectivity index (χ0v) is 20.2. The average Bonchev–Trinajstić information content (AvgIpc) is 3.19. The summed E-state index contributed by atoms with van der Waals surface area (Å²) in [6, 6.07) is 3.43. The second-order valence-corrected chi connectivity index (χ2v) is 9.20. The van der Waals surface area contributed by atoms with Gasteiger partial charge in [0.1, 0.15) is 22.2 Å². The molecule has 3 aromatic heterocycles.